The molecule has 3 aromatic rings. The van der Waals surface area contributed by atoms with E-state index in [9.17, 15) is 24.8 Å². The minimum atomic E-state index is -1.22. The quantitative estimate of drug-likeness (QED) is 0.580. The fraction of sp³-hybridized carbons (Fsp3) is 0. The molecule has 0 atom stereocenters. The number of carboxylic acids is 1. The van der Waals surface area contributed by atoms with E-state index in [0.29, 0.717) is 11.1 Å². The zero-order valence-electron chi connectivity index (χ0n) is 12.8. The molecule has 7 nitrogen and oxygen atoms in total. The number of carboxylic acid groups (broad SMARTS) is 1. The van der Waals surface area contributed by atoms with Crippen molar-refractivity contribution in [3.63, 3.8) is 0 Å². The smallest absolute Gasteiger partial charge is 0.337 e. The van der Waals surface area contributed by atoms with Crippen LogP contribution in [0.25, 0.3) is 11.1 Å². The Balaban J connectivity index is 2.10. The van der Waals surface area contributed by atoms with E-state index in [1.807, 2.05) is 0 Å². The molecule has 0 fully saturated rings. The summed E-state index contributed by atoms with van der Waals surface area (Å²) in [6.45, 7) is 0. The van der Waals surface area contributed by atoms with Crippen molar-refractivity contribution in [2.45, 2.75) is 0 Å². The van der Waals surface area contributed by atoms with Crippen LogP contribution in [0.1, 0.15) is 20.7 Å². The average Bonchev–Trinajstić information content (AvgIpc) is 3.07. The van der Waals surface area contributed by atoms with Crippen LogP contribution in [0.5, 0.6) is 0 Å². The monoisotopic (exact) mass is 336 g/mol. The first-order valence-corrected chi connectivity index (χ1v) is 7.27. The predicted molar refractivity (Wildman–Crippen MR) is 89.7 cm³/mol. The van der Waals surface area contributed by atoms with Crippen LogP contribution < -0.4 is 0 Å². The molecule has 25 heavy (non-hydrogen) atoms. The highest BCUT2D eigenvalue weighted by Crippen LogP contribution is 2.28. The Morgan fingerprint density at radius 2 is 1.72 bits per heavy atom. The molecule has 0 saturated heterocycles. The second-order valence-corrected chi connectivity index (χ2v) is 5.28. The molecule has 3 rings (SSSR count). The molecule has 1 N–H and O–H groups in total. The van der Waals surface area contributed by atoms with Gasteiger partial charge in [0.25, 0.3) is 11.6 Å². The Hall–Kier alpha value is -3.74. The van der Waals surface area contributed by atoms with E-state index in [1.165, 1.54) is 35.2 Å². The number of carbonyl (C=O) groups excluding carboxylic acids is 1. The van der Waals surface area contributed by atoms with Crippen molar-refractivity contribution in [2.75, 3.05) is 0 Å². The molecular formula is C18H12N2O5. The second kappa shape index (κ2) is 6.40. The second-order valence-electron chi connectivity index (χ2n) is 5.28. The van der Waals surface area contributed by atoms with Crippen molar-refractivity contribution in [1.29, 1.82) is 0 Å². The van der Waals surface area contributed by atoms with Gasteiger partial charge in [0, 0.05) is 35.7 Å². The van der Waals surface area contributed by atoms with Crippen molar-refractivity contribution in [1.82, 2.24) is 4.57 Å². The van der Waals surface area contributed by atoms with Gasteiger partial charge in [-0.05, 0) is 17.7 Å². The van der Waals surface area contributed by atoms with Crippen LogP contribution in [0.4, 0.5) is 5.69 Å². The lowest BCUT2D eigenvalue weighted by atomic mass is 10.0. The van der Waals surface area contributed by atoms with Gasteiger partial charge in [-0.15, -0.1) is 0 Å². The molecule has 0 spiro atoms. The molecule has 124 valence electrons. The van der Waals surface area contributed by atoms with Crippen molar-refractivity contribution < 1.29 is 19.6 Å². The lowest BCUT2D eigenvalue weighted by Crippen LogP contribution is -2.09. The maximum absolute atomic E-state index is 12.5. The summed E-state index contributed by atoms with van der Waals surface area (Å²) < 4.78 is 1.17. The third kappa shape index (κ3) is 3.16. The molecule has 0 radical (unpaired) electrons. The van der Waals surface area contributed by atoms with E-state index in [-0.39, 0.29) is 22.7 Å². The predicted octanol–water partition coefficient (Wildman–Crippen LogP) is 3.45. The van der Waals surface area contributed by atoms with Crippen LogP contribution in [0, 0.1) is 10.1 Å². The normalized spacial score (nSPS) is 10.4. The van der Waals surface area contributed by atoms with E-state index in [0.717, 1.165) is 0 Å². The molecule has 0 aliphatic heterocycles. The van der Waals surface area contributed by atoms with E-state index in [4.69, 9.17) is 0 Å². The highest BCUT2D eigenvalue weighted by molar-refractivity contribution is 6.01. The van der Waals surface area contributed by atoms with Crippen molar-refractivity contribution in [3.05, 3.63) is 88.2 Å². The van der Waals surface area contributed by atoms with Gasteiger partial charge < -0.3 is 5.11 Å². The number of carbonyl (C=O) groups is 2. The largest absolute Gasteiger partial charge is 0.478 e. The number of rotatable bonds is 4. The number of benzene rings is 2. The van der Waals surface area contributed by atoms with Gasteiger partial charge in [0.2, 0.25) is 0 Å². The first-order chi connectivity index (χ1) is 12.0. The van der Waals surface area contributed by atoms with E-state index in [1.54, 1.807) is 36.4 Å². The Morgan fingerprint density at radius 3 is 2.36 bits per heavy atom. The third-order valence-electron chi connectivity index (χ3n) is 3.68. The summed E-state index contributed by atoms with van der Waals surface area (Å²) in [5.41, 5.74) is 0.729. The number of hydrogen-bond donors (Lipinski definition) is 1. The first kappa shape index (κ1) is 16.1. The number of hydrogen-bond acceptors (Lipinski definition) is 4. The highest BCUT2D eigenvalue weighted by Gasteiger charge is 2.20. The molecular weight excluding hydrogens is 324 g/mol. The topological polar surface area (TPSA) is 102 Å². The Morgan fingerprint density at radius 1 is 1.00 bits per heavy atom. The number of aromatic carboxylic acids is 1. The minimum Gasteiger partial charge on any atom is -0.478 e. The van der Waals surface area contributed by atoms with Gasteiger partial charge in [-0.2, -0.15) is 0 Å². The number of nitrogens with zero attached hydrogens (tertiary/aromatic N) is 2. The maximum Gasteiger partial charge on any atom is 0.337 e. The van der Waals surface area contributed by atoms with Crippen LogP contribution in [-0.2, 0) is 0 Å². The fourth-order valence-corrected chi connectivity index (χ4v) is 2.49. The molecule has 0 unspecified atom stereocenters. The van der Waals surface area contributed by atoms with Gasteiger partial charge in [0.05, 0.1) is 10.5 Å². The summed E-state index contributed by atoms with van der Waals surface area (Å²) in [6, 6.07) is 14.0. The Bertz CT molecular complexity index is 976. The molecule has 0 amide bonds. The van der Waals surface area contributed by atoms with E-state index in [2.05, 4.69) is 0 Å². The molecule has 7 heteroatoms. The highest BCUT2D eigenvalue weighted by atomic mass is 16.6. The van der Waals surface area contributed by atoms with Crippen LogP contribution in [0.2, 0.25) is 0 Å². The van der Waals surface area contributed by atoms with Gasteiger partial charge in [0.15, 0.2) is 0 Å². The molecule has 0 saturated carbocycles. The minimum absolute atomic E-state index is 0.107. The summed E-state index contributed by atoms with van der Waals surface area (Å²) in [5.74, 6) is -1.61. The maximum atomic E-state index is 12.5. The lowest BCUT2D eigenvalue weighted by molar-refractivity contribution is -0.384. The Kier molecular flexibility index (Phi) is 4.13. The van der Waals surface area contributed by atoms with Crippen LogP contribution in [0.15, 0.2) is 67.0 Å². The summed E-state index contributed by atoms with van der Waals surface area (Å²) >= 11 is 0. The van der Waals surface area contributed by atoms with Crippen LogP contribution >= 0.6 is 0 Å². The van der Waals surface area contributed by atoms with Gasteiger partial charge >= 0.3 is 5.97 Å². The zero-order valence-corrected chi connectivity index (χ0v) is 12.8. The van der Waals surface area contributed by atoms with Gasteiger partial charge in [-0.3, -0.25) is 19.5 Å². The zero-order chi connectivity index (χ0) is 18.0. The summed E-state index contributed by atoms with van der Waals surface area (Å²) in [7, 11) is 0. The van der Waals surface area contributed by atoms with E-state index < -0.39 is 10.9 Å². The summed E-state index contributed by atoms with van der Waals surface area (Å²) in [4.78, 5) is 34.4. The molecule has 0 bridgehead atoms. The molecule has 1 heterocycles. The molecule has 0 aliphatic rings. The van der Waals surface area contributed by atoms with E-state index >= 15 is 0 Å². The molecule has 1 aromatic heterocycles. The van der Waals surface area contributed by atoms with Crippen LogP contribution in [0.3, 0.4) is 0 Å². The van der Waals surface area contributed by atoms with Crippen molar-refractivity contribution >= 4 is 17.6 Å². The fourth-order valence-electron chi connectivity index (χ4n) is 2.49. The number of aromatic nitrogens is 1. The van der Waals surface area contributed by atoms with Gasteiger partial charge in [-0.1, -0.05) is 30.3 Å². The SMILES string of the molecule is O=C(O)c1cn(C(=O)c2ccccc2)cc1-c1cccc([N+](=O)[O-])c1. The average molecular weight is 336 g/mol. The summed E-state index contributed by atoms with van der Waals surface area (Å²) in [5, 5.41) is 20.3. The lowest BCUT2D eigenvalue weighted by Gasteiger charge is -2.01. The van der Waals surface area contributed by atoms with Crippen molar-refractivity contribution in [3.8, 4) is 11.1 Å². The summed E-state index contributed by atoms with van der Waals surface area (Å²) in [6.07, 6.45) is 2.59. The number of nitro benzene ring substituents is 1. The number of nitro groups is 1. The number of non-ortho nitro benzene ring substituents is 1. The third-order valence-corrected chi connectivity index (χ3v) is 3.68. The molecule has 0 aliphatic carbocycles. The Labute approximate surface area is 141 Å². The van der Waals surface area contributed by atoms with Crippen molar-refractivity contribution in [2.24, 2.45) is 0 Å². The van der Waals surface area contributed by atoms with Gasteiger partial charge in [0.1, 0.15) is 0 Å². The van der Waals surface area contributed by atoms with Crippen LogP contribution in [-0.4, -0.2) is 26.5 Å². The standard InChI is InChI=1S/C18H12N2O5/c21-17(12-5-2-1-3-6-12)19-10-15(16(11-19)18(22)23)13-7-4-8-14(9-13)20(24)25/h1-11H,(H,22,23). The molecule has 2 aromatic carbocycles. The van der Waals surface area contributed by atoms with Gasteiger partial charge in [-0.25, -0.2) is 4.79 Å². The first-order valence-electron chi connectivity index (χ1n) is 7.27.